The van der Waals surface area contributed by atoms with Crippen molar-refractivity contribution in [2.24, 2.45) is 0 Å². The second-order valence-electron chi connectivity index (χ2n) is 5.61. The van der Waals surface area contributed by atoms with Crippen LogP contribution in [0.25, 0.3) is 0 Å². The van der Waals surface area contributed by atoms with E-state index in [0.717, 1.165) is 30.2 Å². The van der Waals surface area contributed by atoms with E-state index >= 15 is 0 Å². The zero-order valence-electron chi connectivity index (χ0n) is 14.8. The molecule has 6 heteroatoms. The SMILES string of the molecule is CCCCn1c(SCC(=O)Nc2ccccc2OC)nc(C)c1C. The summed E-state index contributed by atoms with van der Waals surface area (Å²) in [5, 5.41) is 3.80. The van der Waals surface area contributed by atoms with Gasteiger partial charge in [0.25, 0.3) is 0 Å². The Kier molecular flexibility index (Phi) is 6.73. The van der Waals surface area contributed by atoms with Gasteiger partial charge in [0.05, 0.1) is 24.2 Å². The Morgan fingerprint density at radius 2 is 2.08 bits per heavy atom. The number of anilines is 1. The summed E-state index contributed by atoms with van der Waals surface area (Å²) < 4.78 is 7.46. The van der Waals surface area contributed by atoms with Crippen molar-refractivity contribution in [1.82, 2.24) is 9.55 Å². The molecule has 0 spiro atoms. The second kappa shape index (κ2) is 8.78. The summed E-state index contributed by atoms with van der Waals surface area (Å²) >= 11 is 1.47. The Bertz CT molecular complexity index is 698. The number of hydrogen-bond donors (Lipinski definition) is 1. The average molecular weight is 347 g/mol. The van der Waals surface area contributed by atoms with E-state index in [1.54, 1.807) is 7.11 Å². The summed E-state index contributed by atoms with van der Waals surface area (Å²) in [7, 11) is 1.59. The lowest BCUT2D eigenvalue weighted by Gasteiger charge is -2.11. The third-order valence-electron chi connectivity index (χ3n) is 3.87. The number of benzene rings is 1. The highest BCUT2D eigenvalue weighted by Gasteiger charge is 2.14. The molecule has 0 radical (unpaired) electrons. The molecule has 5 nitrogen and oxygen atoms in total. The average Bonchev–Trinajstić information content (AvgIpc) is 2.85. The molecule has 0 aliphatic rings. The molecular formula is C18H25N3O2S. The molecule has 1 heterocycles. The topological polar surface area (TPSA) is 56.2 Å². The number of ether oxygens (including phenoxy) is 1. The number of carbonyl (C=O) groups excluding carboxylic acids is 1. The molecule has 0 unspecified atom stereocenters. The van der Waals surface area contributed by atoms with Gasteiger partial charge in [0.2, 0.25) is 5.91 Å². The van der Waals surface area contributed by atoms with Crippen LogP contribution in [0, 0.1) is 13.8 Å². The van der Waals surface area contributed by atoms with Gasteiger partial charge in [-0.1, -0.05) is 37.2 Å². The van der Waals surface area contributed by atoms with Gasteiger partial charge in [0.1, 0.15) is 5.75 Å². The number of para-hydroxylation sites is 2. The highest BCUT2D eigenvalue weighted by Crippen LogP contribution is 2.25. The van der Waals surface area contributed by atoms with Crippen LogP contribution in [-0.2, 0) is 11.3 Å². The zero-order valence-corrected chi connectivity index (χ0v) is 15.6. The van der Waals surface area contributed by atoms with Gasteiger partial charge in [-0.15, -0.1) is 0 Å². The Morgan fingerprint density at radius 3 is 2.79 bits per heavy atom. The lowest BCUT2D eigenvalue weighted by atomic mass is 10.3. The first-order valence-electron chi connectivity index (χ1n) is 8.16. The Hall–Kier alpha value is -1.95. The predicted octanol–water partition coefficient (Wildman–Crippen LogP) is 4.04. The summed E-state index contributed by atoms with van der Waals surface area (Å²) in [6.07, 6.45) is 2.24. The third kappa shape index (κ3) is 4.54. The number of aryl methyl sites for hydroxylation is 1. The first kappa shape index (κ1) is 18.4. The summed E-state index contributed by atoms with van der Waals surface area (Å²) in [4.78, 5) is 16.8. The highest BCUT2D eigenvalue weighted by molar-refractivity contribution is 7.99. The van der Waals surface area contributed by atoms with Crippen molar-refractivity contribution in [3.63, 3.8) is 0 Å². The Labute approximate surface area is 147 Å². The Morgan fingerprint density at radius 1 is 1.33 bits per heavy atom. The van der Waals surface area contributed by atoms with Gasteiger partial charge in [0, 0.05) is 12.2 Å². The van der Waals surface area contributed by atoms with Gasteiger partial charge in [0.15, 0.2) is 5.16 Å². The molecule has 0 fully saturated rings. The van der Waals surface area contributed by atoms with Gasteiger partial charge >= 0.3 is 0 Å². The van der Waals surface area contributed by atoms with Crippen LogP contribution in [0.4, 0.5) is 5.69 Å². The number of nitrogens with zero attached hydrogens (tertiary/aromatic N) is 2. The van der Waals surface area contributed by atoms with E-state index in [9.17, 15) is 4.79 Å². The minimum atomic E-state index is -0.0650. The normalized spacial score (nSPS) is 10.7. The standard InChI is InChI=1S/C18H25N3O2S/c1-5-6-11-21-14(3)13(2)19-18(21)24-12-17(22)20-15-9-7-8-10-16(15)23-4/h7-10H,5-6,11-12H2,1-4H3,(H,20,22). The van der Waals surface area contributed by atoms with Crippen LogP contribution in [0.1, 0.15) is 31.2 Å². The van der Waals surface area contributed by atoms with E-state index < -0.39 is 0 Å². The van der Waals surface area contributed by atoms with Crippen molar-refractivity contribution in [2.45, 2.75) is 45.3 Å². The van der Waals surface area contributed by atoms with Crippen molar-refractivity contribution in [2.75, 3.05) is 18.2 Å². The monoisotopic (exact) mass is 347 g/mol. The van der Waals surface area contributed by atoms with Crippen LogP contribution < -0.4 is 10.1 Å². The molecule has 2 aromatic rings. The highest BCUT2D eigenvalue weighted by atomic mass is 32.2. The lowest BCUT2D eigenvalue weighted by Crippen LogP contribution is -2.15. The molecule has 0 aliphatic heterocycles. The number of hydrogen-bond acceptors (Lipinski definition) is 4. The maximum absolute atomic E-state index is 12.2. The van der Waals surface area contributed by atoms with Crippen molar-refractivity contribution in [3.05, 3.63) is 35.7 Å². The van der Waals surface area contributed by atoms with Gasteiger partial charge < -0.3 is 14.6 Å². The molecule has 0 saturated heterocycles. The van der Waals surface area contributed by atoms with E-state index in [2.05, 4.69) is 28.7 Å². The van der Waals surface area contributed by atoms with E-state index in [1.165, 1.54) is 17.5 Å². The van der Waals surface area contributed by atoms with Crippen LogP contribution in [0.3, 0.4) is 0 Å². The van der Waals surface area contributed by atoms with Gasteiger partial charge in [-0.05, 0) is 32.4 Å². The van der Waals surface area contributed by atoms with Crippen molar-refractivity contribution in [3.8, 4) is 5.75 Å². The van der Waals surface area contributed by atoms with Gasteiger partial charge in [-0.2, -0.15) is 0 Å². The molecule has 1 aromatic carbocycles. The number of thioether (sulfide) groups is 1. The molecule has 0 saturated carbocycles. The first-order chi connectivity index (χ1) is 11.6. The van der Waals surface area contributed by atoms with E-state index in [-0.39, 0.29) is 5.91 Å². The minimum absolute atomic E-state index is 0.0650. The number of rotatable bonds is 8. The Balaban J connectivity index is 2.00. The number of imidazole rings is 1. The number of unbranched alkanes of at least 4 members (excludes halogenated alkanes) is 1. The summed E-state index contributed by atoms with van der Waals surface area (Å²) in [6.45, 7) is 7.21. The van der Waals surface area contributed by atoms with Crippen LogP contribution >= 0.6 is 11.8 Å². The van der Waals surface area contributed by atoms with E-state index in [1.807, 2.05) is 31.2 Å². The van der Waals surface area contributed by atoms with Crippen LogP contribution in [0.5, 0.6) is 5.75 Å². The molecule has 24 heavy (non-hydrogen) atoms. The maximum atomic E-state index is 12.2. The van der Waals surface area contributed by atoms with Crippen LogP contribution in [-0.4, -0.2) is 28.3 Å². The van der Waals surface area contributed by atoms with Crippen LogP contribution in [0.2, 0.25) is 0 Å². The fraction of sp³-hybridized carbons (Fsp3) is 0.444. The molecular weight excluding hydrogens is 322 g/mol. The zero-order chi connectivity index (χ0) is 17.5. The van der Waals surface area contributed by atoms with Gasteiger partial charge in [-0.25, -0.2) is 4.98 Å². The van der Waals surface area contributed by atoms with Crippen molar-refractivity contribution >= 4 is 23.4 Å². The molecule has 1 N–H and O–H groups in total. The number of amides is 1. The summed E-state index contributed by atoms with van der Waals surface area (Å²) in [5.41, 5.74) is 2.89. The molecule has 0 bridgehead atoms. The second-order valence-corrected chi connectivity index (χ2v) is 6.55. The first-order valence-corrected chi connectivity index (χ1v) is 9.14. The quantitative estimate of drug-likeness (QED) is 0.732. The smallest absolute Gasteiger partial charge is 0.234 e. The van der Waals surface area contributed by atoms with Crippen LogP contribution in [0.15, 0.2) is 29.4 Å². The fourth-order valence-corrected chi connectivity index (χ4v) is 3.30. The molecule has 1 aromatic heterocycles. The largest absolute Gasteiger partial charge is 0.495 e. The molecule has 1 amide bonds. The summed E-state index contributed by atoms with van der Waals surface area (Å²) in [5.74, 6) is 0.914. The molecule has 0 aliphatic carbocycles. The number of nitrogens with one attached hydrogen (secondary N) is 1. The molecule has 2 rings (SSSR count). The number of aromatic nitrogens is 2. The maximum Gasteiger partial charge on any atom is 0.234 e. The van der Waals surface area contributed by atoms with Crippen molar-refractivity contribution in [1.29, 1.82) is 0 Å². The number of carbonyl (C=O) groups is 1. The third-order valence-corrected chi connectivity index (χ3v) is 4.85. The lowest BCUT2D eigenvalue weighted by molar-refractivity contribution is -0.113. The fourth-order valence-electron chi connectivity index (χ4n) is 2.38. The van der Waals surface area contributed by atoms with E-state index in [0.29, 0.717) is 17.2 Å². The predicted molar refractivity (Wildman–Crippen MR) is 99.0 cm³/mol. The number of methoxy groups -OCH3 is 1. The van der Waals surface area contributed by atoms with Crippen molar-refractivity contribution < 1.29 is 9.53 Å². The molecule has 0 atom stereocenters. The van der Waals surface area contributed by atoms with E-state index in [4.69, 9.17) is 4.74 Å². The van der Waals surface area contributed by atoms with Gasteiger partial charge in [-0.3, -0.25) is 4.79 Å². The summed E-state index contributed by atoms with van der Waals surface area (Å²) in [6, 6.07) is 7.40. The molecule has 130 valence electrons. The minimum Gasteiger partial charge on any atom is -0.495 e.